The molecule has 1 aliphatic carbocycles. The molecular formula is C24H33N5O4S. The molecule has 3 aromatic rings. The Morgan fingerprint density at radius 2 is 1.91 bits per heavy atom. The highest BCUT2D eigenvalue weighted by Gasteiger charge is 2.31. The summed E-state index contributed by atoms with van der Waals surface area (Å²) < 4.78 is 27.5. The van der Waals surface area contributed by atoms with E-state index in [2.05, 4.69) is 10.3 Å². The lowest BCUT2D eigenvalue weighted by atomic mass is 9.91. The van der Waals surface area contributed by atoms with Gasteiger partial charge >= 0.3 is 0 Å². The summed E-state index contributed by atoms with van der Waals surface area (Å²) in [6.45, 7) is 3.50. The maximum atomic E-state index is 12.1. The molecule has 2 aromatic heterocycles. The van der Waals surface area contributed by atoms with Crippen molar-refractivity contribution >= 4 is 26.9 Å². The standard InChI is InChI=1S/C24H33N5O4S/c1-24(2,31)20-5-4-6-21-19(20)12-14-28(21)22-11-13-25-23(27-22)26-17-7-9-18(10-8-17)29(15-16-30)34(3,32)33/h4-6,11-14,17-18,30-31H,7-10,15-16H2,1-3H3,(H,25,26,27). The Bertz CT molecular complexity index is 1240. The van der Waals surface area contributed by atoms with Crippen LogP contribution in [0.4, 0.5) is 5.95 Å². The summed E-state index contributed by atoms with van der Waals surface area (Å²) in [5.74, 6) is 1.25. The maximum absolute atomic E-state index is 12.1. The van der Waals surface area contributed by atoms with Crippen molar-refractivity contribution in [2.75, 3.05) is 24.7 Å². The topological polar surface area (TPSA) is 121 Å². The first kappa shape index (κ1) is 24.6. The van der Waals surface area contributed by atoms with E-state index in [1.807, 2.05) is 41.1 Å². The maximum Gasteiger partial charge on any atom is 0.224 e. The van der Waals surface area contributed by atoms with Crippen molar-refractivity contribution in [1.29, 1.82) is 0 Å². The molecule has 0 amide bonds. The summed E-state index contributed by atoms with van der Waals surface area (Å²) in [6, 6.07) is 9.74. The van der Waals surface area contributed by atoms with Crippen LogP contribution in [-0.2, 0) is 15.6 Å². The van der Waals surface area contributed by atoms with Crippen LogP contribution in [0, 0.1) is 0 Å². The van der Waals surface area contributed by atoms with Gasteiger partial charge in [0.1, 0.15) is 5.82 Å². The summed E-state index contributed by atoms with van der Waals surface area (Å²) >= 11 is 0. The monoisotopic (exact) mass is 487 g/mol. The Morgan fingerprint density at radius 1 is 1.18 bits per heavy atom. The van der Waals surface area contributed by atoms with Crippen LogP contribution in [0.1, 0.15) is 45.1 Å². The van der Waals surface area contributed by atoms with Gasteiger partial charge in [0.2, 0.25) is 16.0 Å². The first-order valence-corrected chi connectivity index (χ1v) is 13.4. The van der Waals surface area contributed by atoms with Gasteiger partial charge in [0, 0.05) is 36.4 Å². The molecule has 34 heavy (non-hydrogen) atoms. The van der Waals surface area contributed by atoms with Crippen LogP contribution in [0.15, 0.2) is 42.7 Å². The molecule has 0 aliphatic heterocycles. The van der Waals surface area contributed by atoms with Crippen LogP contribution in [-0.4, -0.2) is 69.0 Å². The van der Waals surface area contributed by atoms with Gasteiger partial charge in [-0.3, -0.25) is 0 Å². The number of hydrogen-bond donors (Lipinski definition) is 3. The number of aliphatic hydroxyl groups is 2. The minimum Gasteiger partial charge on any atom is -0.395 e. The van der Waals surface area contributed by atoms with Crippen molar-refractivity contribution in [3.8, 4) is 5.82 Å². The van der Waals surface area contributed by atoms with Gasteiger partial charge in [0.05, 0.1) is 24.0 Å². The lowest BCUT2D eigenvalue weighted by Crippen LogP contribution is -2.44. The van der Waals surface area contributed by atoms with Crippen molar-refractivity contribution in [3.63, 3.8) is 0 Å². The summed E-state index contributed by atoms with van der Waals surface area (Å²) in [5.41, 5.74) is 0.860. The Labute approximate surface area is 200 Å². The van der Waals surface area contributed by atoms with Crippen molar-refractivity contribution < 1.29 is 18.6 Å². The number of hydrogen-bond acceptors (Lipinski definition) is 7. The molecule has 1 aliphatic rings. The van der Waals surface area contributed by atoms with Crippen LogP contribution in [0.3, 0.4) is 0 Å². The quantitative estimate of drug-likeness (QED) is 0.447. The summed E-state index contributed by atoms with van der Waals surface area (Å²) in [4.78, 5) is 9.10. The molecule has 2 heterocycles. The number of rotatable bonds is 8. The number of nitrogens with one attached hydrogen (secondary N) is 1. The Balaban J connectivity index is 1.49. The molecule has 1 aromatic carbocycles. The molecule has 0 saturated heterocycles. The summed E-state index contributed by atoms with van der Waals surface area (Å²) in [7, 11) is -3.35. The molecule has 184 valence electrons. The number of anilines is 1. The van der Waals surface area contributed by atoms with E-state index >= 15 is 0 Å². The predicted molar refractivity (Wildman–Crippen MR) is 132 cm³/mol. The molecule has 10 heteroatoms. The van der Waals surface area contributed by atoms with Gasteiger partial charge in [0.15, 0.2) is 0 Å². The fourth-order valence-corrected chi connectivity index (χ4v) is 6.03. The van der Waals surface area contributed by atoms with Crippen molar-refractivity contribution in [3.05, 3.63) is 48.3 Å². The van der Waals surface area contributed by atoms with E-state index in [0.717, 1.165) is 35.1 Å². The zero-order valence-corrected chi connectivity index (χ0v) is 20.7. The zero-order chi connectivity index (χ0) is 24.5. The van der Waals surface area contributed by atoms with E-state index in [0.29, 0.717) is 18.8 Å². The number of aliphatic hydroxyl groups excluding tert-OH is 1. The third kappa shape index (κ3) is 5.25. The summed E-state index contributed by atoms with van der Waals surface area (Å²) in [6.07, 6.45) is 7.86. The average molecular weight is 488 g/mol. The molecule has 1 saturated carbocycles. The highest BCUT2D eigenvalue weighted by atomic mass is 32.2. The molecule has 0 spiro atoms. The molecule has 0 atom stereocenters. The number of benzene rings is 1. The minimum absolute atomic E-state index is 0.0938. The average Bonchev–Trinajstić information content (AvgIpc) is 3.21. The zero-order valence-electron chi connectivity index (χ0n) is 19.8. The smallest absolute Gasteiger partial charge is 0.224 e. The van der Waals surface area contributed by atoms with E-state index in [1.165, 1.54) is 10.6 Å². The second-order valence-electron chi connectivity index (χ2n) is 9.47. The Kier molecular flexibility index (Phi) is 6.95. The lowest BCUT2D eigenvalue weighted by Gasteiger charge is -2.35. The van der Waals surface area contributed by atoms with Gasteiger partial charge in [-0.1, -0.05) is 12.1 Å². The van der Waals surface area contributed by atoms with Gasteiger partial charge in [-0.2, -0.15) is 9.29 Å². The highest BCUT2D eigenvalue weighted by Crippen LogP contribution is 2.31. The molecule has 0 radical (unpaired) electrons. The first-order valence-electron chi connectivity index (χ1n) is 11.6. The van der Waals surface area contributed by atoms with E-state index in [-0.39, 0.29) is 25.2 Å². The van der Waals surface area contributed by atoms with E-state index in [4.69, 9.17) is 4.98 Å². The van der Waals surface area contributed by atoms with Crippen molar-refractivity contribution in [2.24, 2.45) is 0 Å². The molecule has 4 rings (SSSR count). The second kappa shape index (κ2) is 9.61. The third-order valence-corrected chi connectivity index (χ3v) is 7.80. The van der Waals surface area contributed by atoms with Crippen molar-refractivity contribution in [2.45, 2.75) is 57.2 Å². The number of nitrogens with zero attached hydrogens (tertiary/aromatic N) is 4. The van der Waals surface area contributed by atoms with Gasteiger partial charge in [-0.05, 0) is 63.3 Å². The van der Waals surface area contributed by atoms with Gasteiger partial charge in [-0.25, -0.2) is 13.4 Å². The lowest BCUT2D eigenvalue weighted by molar-refractivity contribution is 0.0802. The van der Waals surface area contributed by atoms with Crippen LogP contribution in [0.5, 0.6) is 0 Å². The van der Waals surface area contributed by atoms with Crippen LogP contribution in [0.25, 0.3) is 16.7 Å². The fourth-order valence-electron chi connectivity index (χ4n) is 4.86. The van der Waals surface area contributed by atoms with Gasteiger partial charge in [0.25, 0.3) is 0 Å². The van der Waals surface area contributed by atoms with Crippen LogP contribution < -0.4 is 5.32 Å². The molecule has 0 bridgehead atoms. The molecule has 9 nitrogen and oxygen atoms in total. The Morgan fingerprint density at radius 3 is 2.56 bits per heavy atom. The predicted octanol–water partition coefficient (Wildman–Crippen LogP) is 2.62. The van der Waals surface area contributed by atoms with Gasteiger partial charge < -0.3 is 20.1 Å². The van der Waals surface area contributed by atoms with E-state index in [1.54, 1.807) is 20.0 Å². The number of aromatic nitrogens is 3. The SMILES string of the molecule is CC(C)(O)c1cccc2c1ccn2-c1ccnc(NC2CCC(N(CCO)S(C)(=O)=O)CC2)n1. The third-order valence-electron chi connectivity index (χ3n) is 6.46. The molecule has 3 N–H and O–H groups in total. The molecular weight excluding hydrogens is 454 g/mol. The largest absolute Gasteiger partial charge is 0.395 e. The van der Waals surface area contributed by atoms with Gasteiger partial charge in [-0.15, -0.1) is 0 Å². The highest BCUT2D eigenvalue weighted by molar-refractivity contribution is 7.88. The fraction of sp³-hybridized carbons (Fsp3) is 0.500. The normalized spacial score (nSPS) is 19.6. The van der Waals surface area contributed by atoms with E-state index in [9.17, 15) is 18.6 Å². The number of sulfonamides is 1. The van der Waals surface area contributed by atoms with Crippen LogP contribution >= 0.6 is 0 Å². The number of fused-ring (bicyclic) bond motifs is 1. The van der Waals surface area contributed by atoms with Crippen LogP contribution in [0.2, 0.25) is 0 Å². The van der Waals surface area contributed by atoms with E-state index < -0.39 is 15.6 Å². The first-order chi connectivity index (χ1) is 16.1. The molecule has 0 unspecified atom stereocenters. The molecule has 1 fully saturated rings. The van der Waals surface area contributed by atoms with Crippen molar-refractivity contribution in [1.82, 2.24) is 18.8 Å². The Hall–Kier alpha value is -2.53. The second-order valence-corrected chi connectivity index (χ2v) is 11.4. The minimum atomic E-state index is -3.35. The summed E-state index contributed by atoms with van der Waals surface area (Å²) in [5, 5.41) is 24.2.